The van der Waals surface area contributed by atoms with Crippen molar-refractivity contribution < 1.29 is 13.1 Å². The maximum absolute atomic E-state index is 8.65. The van der Waals surface area contributed by atoms with Gasteiger partial charge in [-0.05, 0) is 72.5 Å². The molecule has 0 saturated carbocycles. The molecular weight excluding hydrogens is 501 g/mol. The van der Waals surface area contributed by atoms with E-state index in [-0.39, 0.29) is 13.1 Å². The molecule has 0 unspecified atom stereocenters. The summed E-state index contributed by atoms with van der Waals surface area (Å²) < 4.78 is 0. The van der Waals surface area contributed by atoms with Crippen molar-refractivity contribution >= 4 is 78.8 Å². The van der Waals surface area contributed by atoms with Crippen molar-refractivity contribution in [3.63, 3.8) is 0 Å². The number of aromatic nitrogens is 1. The van der Waals surface area contributed by atoms with Crippen molar-refractivity contribution in [2.45, 2.75) is 4.90 Å². The molecule has 0 radical (unpaired) electrons. The summed E-state index contributed by atoms with van der Waals surface area (Å²) >= 11 is 5.89. The number of thioether (sulfide) groups is 1. The molecule has 1 aromatic heterocycles. The van der Waals surface area contributed by atoms with Crippen LogP contribution in [0.5, 0.6) is 0 Å². The van der Waals surface area contributed by atoms with E-state index in [1.165, 1.54) is 0 Å². The molecule has 0 atom stereocenters. The van der Waals surface area contributed by atoms with Crippen molar-refractivity contribution in [1.82, 2.24) is 4.98 Å². The Morgan fingerprint density at radius 2 is 1.33 bits per heavy atom. The molecule has 2 aromatic carbocycles. The third-order valence-corrected chi connectivity index (χ3v) is 4.09. The number of aliphatic imine (C=N–C) groups is 3. The van der Waals surface area contributed by atoms with Gasteiger partial charge in [-0.3, -0.25) is 9.98 Å². The number of hydrogen-bond donors (Lipinski definition) is 0. The zero-order valence-corrected chi connectivity index (χ0v) is 19.3. The minimum atomic E-state index is 0.194. The molecule has 151 valence electrons. The fourth-order valence-electron chi connectivity index (χ4n) is 2.14. The van der Waals surface area contributed by atoms with Crippen LogP contribution in [0, 0.1) is 10.7 Å². The molecule has 0 amide bonds. The van der Waals surface area contributed by atoms with Gasteiger partial charge >= 0.3 is 33.3 Å². The first kappa shape index (κ1) is 24.1. The normalized spacial score (nSPS) is 10.3. The number of benzene rings is 2. The maximum atomic E-state index is 8.65. The standard InChI is InChI=1S/C20H12N5S2.2ClH.Fe/c21-13-27-20-9-7-16(8-10-20)23-12-19-6-5-18(25-19)11-22-15-1-3-17(4-2-15)24-14-26;;;/h1-12H;2*1H;/q-1;;;+3/p-2. The van der Waals surface area contributed by atoms with Gasteiger partial charge in [0.2, 0.25) is 0 Å². The molecule has 30 heavy (non-hydrogen) atoms. The van der Waals surface area contributed by atoms with E-state index in [9.17, 15) is 0 Å². The van der Waals surface area contributed by atoms with Crippen LogP contribution in [0.25, 0.3) is 0 Å². The number of nitrogens with zero attached hydrogens (tertiary/aromatic N) is 5. The zero-order chi connectivity index (χ0) is 21.6. The number of nitriles is 1. The fourth-order valence-corrected chi connectivity index (χ4v) is 2.62. The molecule has 3 aromatic rings. The molecule has 0 aliphatic rings. The van der Waals surface area contributed by atoms with Crippen LogP contribution in [0.2, 0.25) is 0 Å². The van der Waals surface area contributed by atoms with E-state index in [1.54, 1.807) is 12.4 Å². The Bertz CT molecular complexity index is 1080. The Labute approximate surface area is 198 Å². The third kappa shape index (κ3) is 8.66. The molecular formula is C20H12Cl2FeN5S2. The van der Waals surface area contributed by atoms with Gasteiger partial charge in [-0.25, -0.2) is 0 Å². The average molecular weight is 513 g/mol. The summed E-state index contributed by atoms with van der Waals surface area (Å²) in [4.78, 5) is 18.0. The molecule has 0 spiro atoms. The molecule has 5 nitrogen and oxygen atoms in total. The molecule has 0 fully saturated rings. The van der Waals surface area contributed by atoms with Crippen LogP contribution in [0.4, 0.5) is 17.1 Å². The first-order valence-corrected chi connectivity index (χ1v) is 12.4. The molecule has 3 rings (SSSR count). The van der Waals surface area contributed by atoms with Gasteiger partial charge in [0.05, 0.1) is 22.2 Å². The number of thiocyanates is 1. The van der Waals surface area contributed by atoms with Crippen LogP contribution in [0.1, 0.15) is 11.4 Å². The van der Waals surface area contributed by atoms with Gasteiger partial charge in [0.25, 0.3) is 0 Å². The number of isothiocyanates is 1. The van der Waals surface area contributed by atoms with Crippen LogP contribution in [-0.2, 0) is 13.1 Å². The predicted octanol–water partition coefficient (Wildman–Crippen LogP) is 6.83. The Balaban J connectivity index is 0.00000101. The van der Waals surface area contributed by atoms with Crippen molar-refractivity contribution in [1.29, 1.82) is 5.26 Å². The first-order chi connectivity index (χ1) is 14.7. The molecule has 1 heterocycles. The monoisotopic (exact) mass is 512 g/mol. The summed E-state index contributed by atoms with van der Waals surface area (Å²) in [6.45, 7) is 0. The summed E-state index contributed by atoms with van der Waals surface area (Å²) in [6, 6.07) is 18.5. The fraction of sp³-hybridized carbons (Fsp3) is 0. The van der Waals surface area contributed by atoms with Crippen LogP contribution < -0.4 is 4.98 Å². The van der Waals surface area contributed by atoms with Gasteiger partial charge in [-0.1, -0.05) is 12.1 Å². The van der Waals surface area contributed by atoms with E-state index in [4.69, 9.17) is 25.5 Å². The van der Waals surface area contributed by atoms with Crippen LogP contribution in [0.15, 0.2) is 80.5 Å². The van der Waals surface area contributed by atoms with Gasteiger partial charge in [0.15, 0.2) is 0 Å². The minimum absolute atomic E-state index is 0.194. The predicted molar refractivity (Wildman–Crippen MR) is 125 cm³/mol. The third-order valence-electron chi connectivity index (χ3n) is 3.40. The van der Waals surface area contributed by atoms with Crippen LogP contribution in [-0.4, -0.2) is 17.6 Å². The van der Waals surface area contributed by atoms with E-state index in [0.29, 0.717) is 0 Å². The average Bonchev–Trinajstić information content (AvgIpc) is 3.22. The summed E-state index contributed by atoms with van der Waals surface area (Å²) in [5, 5.41) is 13.0. The SMILES string of the molecule is N#CSc1ccc(N=Cc2ccc(C=Nc3ccc(N=C=S)cc3)[n-]2)cc1.[Cl][Fe+][Cl]. The summed E-state index contributed by atoms with van der Waals surface area (Å²) in [5.41, 5.74) is 3.84. The van der Waals surface area contributed by atoms with E-state index in [2.05, 4.69) is 37.3 Å². The number of hydrogen-bond acceptors (Lipinski definition) is 6. The van der Waals surface area contributed by atoms with Gasteiger partial charge in [0, 0.05) is 17.3 Å². The van der Waals surface area contributed by atoms with Crippen LogP contribution >= 0.6 is 44.2 Å². The van der Waals surface area contributed by atoms with E-state index < -0.39 is 0 Å². The van der Waals surface area contributed by atoms with E-state index in [1.807, 2.05) is 66.1 Å². The number of thiocarbonyl (C=S) groups is 1. The van der Waals surface area contributed by atoms with Crippen molar-refractivity contribution in [2.24, 2.45) is 15.0 Å². The number of rotatable bonds is 6. The number of halogens is 2. The molecule has 0 N–H and O–H groups in total. The van der Waals surface area contributed by atoms with Gasteiger partial charge in [-0.15, -0.1) is 11.4 Å². The second-order valence-electron chi connectivity index (χ2n) is 5.27. The summed E-state index contributed by atoms with van der Waals surface area (Å²) in [6.07, 6.45) is 3.39. The van der Waals surface area contributed by atoms with Crippen molar-refractivity contribution in [2.75, 3.05) is 0 Å². The first-order valence-electron chi connectivity index (χ1n) is 8.09. The molecule has 0 aliphatic heterocycles. The van der Waals surface area contributed by atoms with Gasteiger partial charge < -0.3 is 4.98 Å². The van der Waals surface area contributed by atoms with Crippen molar-refractivity contribution in [3.05, 3.63) is 72.1 Å². The molecule has 0 bridgehead atoms. The summed E-state index contributed by atoms with van der Waals surface area (Å²) in [7, 11) is 9.53. The van der Waals surface area contributed by atoms with E-state index >= 15 is 0 Å². The molecule has 0 saturated heterocycles. The molecule has 10 heteroatoms. The summed E-state index contributed by atoms with van der Waals surface area (Å²) in [5.74, 6) is 0. The zero-order valence-electron chi connectivity index (χ0n) is 15.1. The Kier molecular flexibility index (Phi) is 11.2. The Morgan fingerprint density at radius 3 is 1.80 bits per heavy atom. The van der Waals surface area contributed by atoms with E-state index in [0.717, 1.165) is 45.1 Å². The Hall–Kier alpha value is -2.20. The second-order valence-corrected chi connectivity index (χ2v) is 8.13. The second kappa shape index (κ2) is 13.9. The van der Waals surface area contributed by atoms with Crippen molar-refractivity contribution in [3.8, 4) is 5.40 Å². The quantitative estimate of drug-likeness (QED) is 0.119. The topological polar surface area (TPSA) is 75.0 Å². The Morgan fingerprint density at radius 1 is 0.867 bits per heavy atom. The van der Waals surface area contributed by atoms with Gasteiger partial charge in [0.1, 0.15) is 5.40 Å². The van der Waals surface area contributed by atoms with Gasteiger partial charge in [-0.2, -0.15) is 10.3 Å². The molecule has 0 aliphatic carbocycles. The van der Waals surface area contributed by atoms with Crippen LogP contribution in [0.3, 0.4) is 0 Å².